The van der Waals surface area contributed by atoms with Crippen LogP contribution in [0.4, 0.5) is 0 Å². The summed E-state index contributed by atoms with van der Waals surface area (Å²) in [5, 5.41) is 1.82. The molecule has 0 atom stereocenters. The van der Waals surface area contributed by atoms with Crippen molar-refractivity contribution < 1.29 is 13.0 Å². The summed E-state index contributed by atoms with van der Waals surface area (Å²) in [6, 6.07) is 48.6. The molecule has 0 fully saturated rings. The van der Waals surface area contributed by atoms with Gasteiger partial charge in [-0.1, -0.05) is 125 Å². The summed E-state index contributed by atoms with van der Waals surface area (Å²) >= 11 is 0. The maximum absolute atomic E-state index is 9.75. The molecule has 7 aromatic carbocycles. The number of rotatable bonds is 2. The van der Waals surface area contributed by atoms with Crippen molar-refractivity contribution in [1.82, 2.24) is 18.9 Å². The van der Waals surface area contributed by atoms with Crippen LogP contribution in [-0.4, -0.2) is 27.0 Å². The van der Waals surface area contributed by atoms with E-state index in [1.165, 1.54) is 0 Å². The first-order valence-corrected chi connectivity index (χ1v) is 24.2. The summed E-state index contributed by atoms with van der Waals surface area (Å²) in [5.41, 5.74) is 13.6. The van der Waals surface area contributed by atoms with Crippen LogP contribution in [0.5, 0.6) is 11.5 Å². The summed E-state index contributed by atoms with van der Waals surface area (Å²) in [7, 11) is -2.86. The van der Waals surface area contributed by atoms with E-state index in [9.17, 15) is 4.11 Å². The van der Waals surface area contributed by atoms with Gasteiger partial charge in [-0.05, 0) is 134 Å². The first-order valence-electron chi connectivity index (χ1n) is 24.2. The highest BCUT2D eigenvalue weighted by Gasteiger charge is 2.41. The van der Waals surface area contributed by atoms with Gasteiger partial charge in [-0.3, -0.25) is 14.0 Å². The number of hydrogen-bond donors (Lipinski definition) is 0. The van der Waals surface area contributed by atoms with Gasteiger partial charge in [0.1, 0.15) is 19.6 Å². The van der Waals surface area contributed by atoms with Gasteiger partial charge in [0.2, 0.25) is 5.78 Å². The van der Waals surface area contributed by atoms with E-state index in [1.54, 1.807) is 12.1 Å². The number of fused-ring (bicyclic) bond motifs is 15. The second kappa shape index (κ2) is 13.0. The molecule has 0 saturated carbocycles. The normalized spacial score (nSPS) is 15.5. The summed E-state index contributed by atoms with van der Waals surface area (Å²) in [5.74, 6) is 1.46. The SMILES string of the molecule is [2H]C([2H])([2H])c1ccc2c(c1)Oc1c(cc(-n3c4ccccc4n4c5ccccc5nc34)c(C([2H])([2H])[2H])c1-c1cc3c(cc1C(C)(C)C)-c1ccccc1-c1cccnc1-c1ccccc1-3)[Si]2(C)C. The third kappa shape index (κ3) is 5.13. The minimum absolute atomic E-state index is 0.115. The van der Waals surface area contributed by atoms with Crippen LogP contribution in [0.1, 0.15) is 45.7 Å². The van der Waals surface area contributed by atoms with Crippen LogP contribution in [0.15, 0.2) is 152 Å². The Bertz CT molecular complexity index is 3780. The molecule has 4 heterocycles. The average molecular weight is 825 g/mol. The molecular weight excluding hydrogens is 773 g/mol. The van der Waals surface area contributed by atoms with Gasteiger partial charge in [0, 0.05) is 31.1 Å². The lowest BCUT2D eigenvalue weighted by Crippen LogP contribution is -2.56. The molecule has 0 amide bonds. The molecule has 0 bridgehead atoms. The quantitative estimate of drug-likeness (QED) is 0.163. The summed E-state index contributed by atoms with van der Waals surface area (Å²) in [4.78, 5) is 10.2. The number of nitrogens with zero attached hydrogens (tertiary/aromatic N) is 4. The van der Waals surface area contributed by atoms with Crippen LogP contribution in [0.2, 0.25) is 13.1 Å². The van der Waals surface area contributed by atoms with Crippen molar-refractivity contribution in [3.05, 3.63) is 168 Å². The van der Waals surface area contributed by atoms with E-state index < -0.39 is 27.2 Å². The molecule has 1 aliphatic heterocycles. The Morgan fingerprint density at radius 2 is 1.26 bits per heavy atom. The molecule has 300 valence electrons. The van der Waals surface area contributed by atoms with E-state index in [1.807, 2.05) is 83.6 Å². The van der Waals surface area contributed by atoms with Crippen LogP contribution in [0.3, 0.4) is 0 Å². The number of aromatic nitrogens is 4. The number of pyridine rings is 1. The van der Waals surface area contributed by atoms with E-state index >= 15 is 0 Å². The van der Waals surface area contributed by atoms with Gasteiger partial charge in [0.05, 0.1) is 33.4 Å². The van der Waals surface area contributed by atoms with E-state index in [4.69, 9.17) is 18.8 Å². The first kappa shape index (κ1) is 30.9. The fourth-order valence-electron chi connectivity index (χ4n) is 10.2. The standard InChI is InChI=1S/C56H46N4OSi/c1-33-26-27-50-49(29-33)61-54-51(62(50,6)7)32-48(60-47-25-15-14-24-46(47)59-45-23-13-12-22-44(45)58-55(59)60)34(2)52(54)42-30-40-37-19-10-11-20-38(37)53-39(21-16-28-57-53)35-17-8-9-18-36(35)41(40)31-43(42)56(3,4)5/h8-32H,1-7H3/i1D3,2D3. The van der Waals surface area contributed by atoms with Crippen LogP contribution in [0.25, 0.3) is 89.3 Å². The lowest BCUT2D eigenvalue weighted by Gasteiger charge is -2.37. The molecule has 2 aliphatic rings. The zero-order valence-electron chi connectivity index (χ0n) is 41.1. The molecule has 0 spiro atoms. The van der Waals surface area contributed by atoms with Crippen molar-refractivity contribution in [3.8, 4) is 73.0 Å². The van der Waals surface area contributed by atoms with Crippen LogP contribution in [0, 0.1) is 13.7 Å². The Hall–Kier alpha value is -7.02. The highest BCUT2D eigenvalue weighted by atomic mass is 28.3. The highest BCUT2D eigenvalue weighted by Crippen LogP contribution is 2.52. The van der Waals surface area contributed by atoms with Crippen molar-refractivity contribution in [3.63, 3.8) is 0 Å². The molecule has 10 aromatic rings. The Labute approximate surface area is 371 Å². The second-order valence-corrected chi connectivity index (χ2v) is 22.5. The lowest BCUT2D eigenvalue weighted by molar-refractivity contribution is 0.487. The molecule has 0 radical (unpaired) electrons. The zero-order chi connectivity index (χ0) is 47.2. The van der Waals surface area contributed by atoms with Crippen molar-refractivity contribution in [2.24, 2.45) is 0 Å². The smallest absolute Gasteiger partial charge is 0.220 e. The summed E-state index contributed by atoms with van der Waals surface area (Å²) in [6.07, 6.45) is 1.83. The van der Waals surface area contributed by atoms with Crippen LogP contribution in [-0.2, 0) is 5.41 Å². The van der Waals surface area contributed by atoms with E-state index in [2.05, 4.69) is 98.9 Å². The van der Waals surface area contributed by atoms with Gasteiger partial charge in [-0.25, -0.2) is 4.98 Å². The zero-order valence-corrected chi connectivity index (χ0v) is 36.1. The molecule has 5 nitrogen and oxygen atoms in total. The fraction of sp³-hybridized carbons (Fsp3) is 0.143. The predicted molar refractivity (Wildman–Crippen MR) is 260 cm³/mol. The number of aryl methyl sites for hydroxylation is 1. The monoisotopic (exact) mass is 824 g/mol. The first-order chi connectivity index (χ1) is 32.4. The molecular formula is C56H46N4OSi. The fourth-order valence-corrected chi connectivity index (χ4v) is 13.0. The number of benzene rings is 7. The lowest BCUT2D eigenvalue weighted by atomic mass is 9.75. The van der Waals surface area contributed by atoms with Gasteiger partial charge < -0.3 is 4.74 Å². The predicted octanol–water partition coefficient (Wildman–Crippen LogP) is 13.3. The second-order valence-electron chi connectivity index (χ2n) is 18.2. The minimum Gasteiger partial charge on any atom is -0.457 e. The van der Waals surface area contributed by atoms with E-state index in [0.717, 1.165) is 88.2 Å². The Balaban J connectivity index is 1.28. The van der Waals surface area contributed by atoms with Gasteiger partial charge >= 0.3 is 0 Å². The summed E-state index contributed by atoms with van der Waals surface area (Å²) < 4.78 is 65.7. The Morgan fingerprint density at radius 1 is 0.597 bits per heavy atom. The van der Waals surface area contributed by atoms with Crippen molar-refractivity contribution >= 4 is 46.3 Å². The maximum atomic E-state index is 9.75. The third-order valence-corrected chi connectivity index (χ3v) is 16.6. The van der Waals surface area contributed by atoms with Gasteiger partial charge in [0.25, 0.3) is 0 Å². The van der Waals surface area contributed by atoms with Gasteiger partial charge in [-0.15, -0.1) is 0 Å². The van der Waals surface area contributed by atoms with Gasteiger partial charge in [-0.2, -0.15) is 0 Å². The third-order valence-electron chi connectivity index (χ3n) is 13.2. The summed E-state index contributed by atoms with van der Waals surface area (Å²) in [6.45, 7) is 5.88. The van der Waals surface area contributed by atoms with E-state index in [0.29, 0.717) is 28.5 Å². The number of hydrogen-bond acceptors (Lipinski definition) is 3. The van der Waals surface area contributed by atoms with Crippen molar-refractivity contribution in [2.45, 2.75) is 53.0 Å². The molecule has 0 unspecified atom stereocenters. The van der Waals surface area contributed by atoms with Crippen LogP contribution < -0.4 is 15.1 Å². The van der Waals surface area contributed by atoms with Crippen molar-refractivity contribution in [1.29, 1.82) is 0 Å². The highest BCUT2D eigenvalue weighted by molar-refractivity contribution is 7.01. The molecule has 3 aromatic heterocycles. The van der Waals surface area contributed by atoms with Crippen molar-refractivity contribution in [2.75, 3.05) is 0 Å². The van der Waals surface area contributed by atoms with Gasteiger partial charge in [0.15, 0.2) is 0 Å². The maximum Gasteiger partial charge on any atom is 0.220 e. The average Bonchev–Trinajstić information content (AvgIpc) is 3.84. The molecule has 12 rings (SSSR count). The molecule has 1 aliphatic carbocycles. The minimum atomic E-state index is -2.86. The molecule has 62 heavy (non-hydrogen) atoms. The number of ether oxygens (including phenoxy) is 1. The number of para-hydroxylation sites is 4. The van der Waals surface area contributed by atoms with E-state index in [-0.39, 0.29) is 11.1 Å². The molecule has 0 N–H and O–H groups in total. The Kier molecular flexibility index (Phi) is 6.48. The topological polar surface area (TPSA) is 44.4 Å². The largest absolute Gasteiger partial charge is 0.457 e. The number of imidazole rings is 2. The molecule has 6 heteroatoms. The van der Waals surface area contributed by atoms with Crippen LogP contribution >= 0.6 is 0 Å². The Morgan fingerprint density at radius 3 is 2.02 bits per heavy atom. The molecule has 0 saturated heterocycles.